The van der Waals surface area contributed by atoms with Crippen molar-refractivity contribution >= 4 is 5.91 Å². The second kappa shape index (κ2) is 8.46. The van der Waals surface area contributed by atoms with Crippen molar-refractivity contribution in [1.82, 2.24) is 10.2 Å². The van der Waals surface area contributed by atoms with E-state index in [4.69, 9.17) is 9.47 Å². The van der Waals surface area contributed by atoms with E-state index < -0.39 is 11.6 Å². The van der Waals surface area contributed by atoms with E-state index in [1.54, 1.807) is 14.2 Å². The predicted molar refractivity (Wildman–Crippen MR) is 114 cm³/mol. The van der Waals surface area contributed by atoms with Crippen molar-refractivity contribution in [2.24, 2.45) is 5.92 Å². The molecule has 2 aliphatic rings. The summed E-state index contributed by atoms with van der Waals surface area (Å²) in [6.45, 7) is 1.88. The fourth-order valence-electron chi connectivity index (χ4n) is 5.36. The van der Waals surface area contributed by atoms with E-state index in [0.717, 1.165) is 50.2 Å². The van der Waals surface area contributed by atoms with Crippen LogP contribution in [0, 0.1) is 17.6 Å². The third kappa shape index (κ3) is 3.99. The molecule has 0 radical (unpaired) electrons. The van der Waals surface area contributed by atoms with Gasteiger partial charge in [-0.05, 0) is 68.1 Å². The van der Waals surface area contributed by atoms with Crippen molar-refractivity contribution in [3.05, 3.63) is 59.2 Å². The van der Waals surface area contributed by atoms with Crippen LogP contribution in [-0.4, -0.2) is 51.2 Å². The Labute approximate surface area is 181 Å². The summed E-state index contributed by atoms with van der Waals surface area (Å²) in [5, 5.41) is 3.03. The SMILES string of the molecule is COc1ccc([C@]23CC[C@H](NC(=O)c4ccc(F)c(F)c4)C[C@@H]2CN(C)C3)cc1OC. The summed E-state index contributed by atoms with van der Waals surface area (Å²) in [4.78, 5) is 14.9. The molecule has 1 saturated heterocycles. The second-order valence-corrected chi connectivity index (χ2v) is 8.69. The van der Waals surface area contributed by atoms with Crippen LogP contribution in [0.2, 0.25) is 0 Å². The fourth-order valence-corrected chi connectivity index (χ4v) is 5.36. The third-order valence-electron chi connectivity index (χ3n) is 6.85. The molecule has 2 fully saturated rings. The van der Waals surface area contributed by atoms with Gasteiger partial charge in [-0.2, -0.15) is 0 Å². The maximum atomic E-state index is 13.5. The predicted octanol–water partition coefficient (Wildman–Crippen LogP) is 3.76. The number of hydrogen-bond acceptors (Lipinski definition) is 4. The summed E-state index contributed by atoms with van der Waals surface area (Å²) in [7, 11) is 5.39. The highest BCUT2D eigenvalue weighted by Gasteiger charge is 2.50. The Morgan fingerprint density at radius 3 is 2.58 bits per heavy atom. The topological polar surface area (TPSA) is 50.8 Å². The van der Waals surface area contributed by atoms with E-state index in [9.17, 15) is 13.6 Å². The molecule has 7 heteroatoms. The normalized spacial score (nSPS) is 25.7. The Bertz CT molecular complexity index is 983. The summed E-state index contributed by atoms with van der Waals surface area (Å²) >= 11 is 0. The van der Waals surface area contributed by atoms with Crippen LogP contribution in [0.5, 0.6) is 11.5 Å². The molecule has 1 aliphatic heterocycles. The van der Waals surface area contributed by atoms with Gasteiger partial charge in [-0.25, -0.2) is 8.78 Å². The first-order valence-corrected chi connectivity index (χ1v) is 10.5. The Kier molecular flexibility index (Phi) is 5.88. The van der Waals surface area contributed by atoms with Crippen molar-refractivity contribution in [2.45, 2.75) is 30.7 Å². The van der Waals surface area contributed by atoms with E-state index in [0.29, 0.717) is 11.7 Å². The number of ether oxygens (including phenoxy) is 2. The van der Waals surface area contributed by atoms with E-state index in [1.165, 1.54) is 11.6 Å². The molecular formula is C24H28F2N2O3. The van der Waals surface area contributed by atoms with Crippen molar-refractivity contribution < 1.29 is 23.0 Å². The molecule has 3 atom stereocenters. The number of likely N-dealkylation sites (N-methyl/N-ethyl adjacent to an activating group) is 1. The average Bonchev–Trinajstić information content (AvgIpc) is 3.11. The number of carbonyl (C=O) groups excluding carboxylic acids is 1. The van der Waals surface area contributed by atoms with Crippen LogP contribution in [0.1, 0.15) is 35.2 Å². The number of methoxy groups -OCH3 is 2. The molecule has 1 aliphatic carbocycles. The number of likely N-dealkylation sites (tertiary alicyclic amines) is 1. The van der Waals surface area contributed by atoms with Crippen LogP contribution in [-0.2, 0) is 5.41 Å². The Balaban J connectivity index is 1.53. The smallest absolute Gasteiger partial charge is 0.251 e. The van der Waals surface area contributed by atoms with E-state index >= 15 is 0 Å². The molecule has 2 aromatic carbocycles. The number of benzene rings is 2. The van der Waals surface area contributed by atoms with Gasteiger partial charge >= 0.3 is 0 Å². The fraction of sp³-hybridized carbons (Fsp3) is 0.458. The minimum absolute atomic E-state index is 0.00890. The van der Waals surface area contributed by atoms with Crippen LogP contribution in [0.3, 0.4) is 0 Å². The third-order valence-corrected chi connectivity index (χ3v) is 6.85. The number of hydrogen-bond donors (Lipinski definition) is 1. The van der Waals surface area contributed by atoms with Crippen LogP contribution in [0.25, 0.3) is 0 Å². The largest absolute Gasteiger partial charge is 0.493 e. The number of carbonyl (C=O) groups is 1. The summed E-state index contributed by atoms with van der Waals surface area (Å²) in [5.74, 6) is -0.549. The highest BCUT2D eigenvalue weighted by molar-refractivity contribution is 5.94. The minimum atomic E-state index is -1.01. The van der Waals surface area contributed by atoms with Crippen molar-refractivity contribution in [3.63, 3.8) is 0 Å². The Morgan fingerprint density at radius 2 is 1.87 bits per heavy atom. The molecule has 1 N–H and O–H groups in total. The molecule has 1 saturated carbocycles. The van der Waals surface area contributed by atoms with Gasteiger partial charge < -0.3 is 19.7 Å². The molecule has 0 spiro atoms. The Hall–Kier alpha value is -2.67. The molecule has 2 aromatic rings. The number of fused-ring (bicyclic) bond motifs is 1. The molecule has 166 valence electrons. The van der Waals surface area contributed by atoms with Crippen molar-refractivity contribution in [1.29, 1.82) is 0 Å². The quantitative estimate of drug-likeness (QED) is 0.785. The summed E-state index contributed by atoms with van der Waals surface area (Å²) in [6, 6.07) is 9.39. The summed E-state index contributed by atoms with van der Waals surface area (Å²) in [5.41, 5.74) is 1.35. The molecular weight excluding hydrogens is 402 g/mol. The molecule has 1 amide bonds. The second-order valence-electron chi connectivity index (χ2n) is 8.69. The van der Waals surface area contributed by atoms with E-state index in [1.807, 2.05) is 6.07 Å². The number of amides is 1. The van der Waals surface area contributed by atoms with Crippen LogP contribution >= 0.6 is 0 Å². The standard InChI is InChI=1S/C24H28F2N2O3/c1-28-13-17-11-18(27-23(29)15-4-6-19(25)20(26)10-15)8-9-24(17,14-28)16-5-7-21(30-2)22(12-16)31-3/h4-7,10,12,17-18H,8-9,11,13-14H2,1-3H3,(H,27,29)/t17-,18+,24-/m1/s1. The summed E-state index contributed by atoms with van der Waals surface area (Å²) in [6.07, 6.45) is 2.56. The highest BCUT2D eigenvalue weighted by Crippen LogP contribution is 2.49. The molecule has 31 heavy (non-hydrogen) atoms. The zero-order valence-electron chi connectivity index (χ0n) is 18.1. The van der Waals surface area contributed by atoms with Crippen molar-refractivity contribution in [3.8, 4) is 11.5 Å². The van der Waals surface area contributed by atoms with Gasteiger partial charge in [-0.3, -0.25) is 4.79 Å². The van der Waals surface area contributed by atoms with Gasteiger partial charge in [0.15, 0.2) is 23.1 Å². The first-order chi connectivity index (χ1) is 14.9. The molecule has 5 nitrogen and oxygen atoms in total. The lowest BCUT2D eigenvalue weighted by Crippen LogP contribution is -2.47. The first kappa shape index (κ1) is 21.6. The lowest BCUT2D eigenvalue weighted by Gasteiger charge is -2.43. The van der Waals surface area contributed by atoms with Crippen molar-refractivity contribution in [2.75, 3.05) is 34.4 Å². The van der Waals surface area contributed by atoms with E-state index in [-0.39, 0.29) is 22.9 Å². The van der Waals surface area contributed by atoms with Gasteiger partial charge in [0.05, 0.1) is 14.2 Å². The molecule has 0 unspecified atom stereocenters. The van der Waals surface area contributed by atoms with E-state index in [2.05, 4.69) is 29.4 Å². The lowest BCUT2D eigenvalue weighted by atomic mass is 9.63. The zero-order valence-corrected chi connectivity index (χ0v) is 18.1. The van der Waals surface area contributed by atoms with Gasteiger partial charge in [0.1, 0.15) is 0 Å². The van der Waals surface area contributed by atoms with Gasteiger partial charge in [-0.15, -0.1) is 0 Å². The summed E-state index contributed by atoms with van der Waals surface area (Å²) < 4.78 is 37.6. The van der Waals surface area contributed by atoms with Crippen LogP contribution in [0.4, 0.5) is 8.78 Å². The number of nitrogens with one attached hydrogen (secondary N) is 1. The number of halogens is 2. The Morgan fingerprint density at radius 1 is 1.10 bits per heavy atom. The molecule has 1 heterocycles. The minimum Gasteiger partial charge on any atom is -0.493 e. The maximum absolute atomic E-state index is 13.5. The zero-order chi connectivity index (χ0) is 22.2. The molecule has 4 rings (SSSR count). The number of nitrogens with zero attached hydrogens (tertiary/aromatic N) is 1. The molecule has 0 aromatic heterocycles. The van der Waals surface area contributed by atoms with Gasteiger partial charge in [0, 0.05) is 30.1 Å². The van der Waals surface area contributed by atoms with Gasteiger partial charge in [0.25, 0.3) is 5.91 Å². The van der Waals surface area contributed by atoms with Gasteiger partial charge in [0.2, 0.25) is 0 Å². The number of rotatable bonds is 5. The highest BCUT2D eigenvalue weighted by atomic mass is 19.2. The average molecular weight is 430 g/mol. The lowest BCUT2D eigenvalue weighted by molar-refractivity contribution is 0.0904. The van der Waals surface area contributed by atoms with Crippen LogP contribution < -0.4 is 14.8 Å². The van der Waals surface area contributed by atoms with Crippen LogP contribution in [0.15, 0.2) is 36.4 Å². The van der Waals surface area contributed by atoms with Gasteiger partial charge in [-0.1, -0.05) is 6.07 Å². The monoisotopic (exact) mass is 430 g/mol. The first-order valence-electron chi connectivity index (χ1n) is 10.5. The molecule has 0 bridgehead atoms. The maximum Gasteiger partial charge on any atom is 0.251 e.